The van der Waals surface area contributed by atoms with E-state index in [0.717, 1.165) is 23.7 Å². The van der Waals surface area contributed by atoms with Gasteiger partial charge in [-0.2, -0.15) is 0 Å². The van der Waals surface area contributed by atoms with Crippen LogP contribution in [-0.4, -0.2) is 0 Å². The maximum absolute atomic E-state index is 2.42. The van der Waals surface area contributed by atoms with Crippen LogP contribution in [0.1, 0.15) is 134 Å². The minimum absolute atomic E-state index is 0.751. The molecule has 0 nitrogen and oxygen atoms in total. The average Bonchev–Trinajstić information content (AvgIpc) is 2.92. The Morgan fingerprint density at radius 2 is 1.14 bits per heavy atom. The van der Waals surface area contributed by atoms with Gasteiger partial charge in [0.25, 0.3) is 0 Å². The molecule has 0 radical (unpaired) electrons. The predicted octanol–water partition coefficient (Wildman–Crippen LogP) is 11.1. The van der Waals surface area contributed by atoms with Crippen molar-refractivity contribution in [2.75, 3.05) is 0 Å². The summed E-state index contributed by atoms with van der Waals surface area (Å²) in [5, 5.41) is 0. The molecule has 0 spiro atoms. The van der Waals surface area contributed by atoms with E-state index in [-0.39, 0.29) is 0 Å². The van der Waals surface area contributed by atoms with E-state index >= 15 is 0 Å². The summed E-state index contributed by atoms with van der Waals surface area (Å²) in [5.74, 6) is 3.73. The Labute approximate surface area is 217 Å². The lowest BCUT2D eigenvalue weighted by molar-refractivity contribution is 0.250. The largest absolute Gasteiger partial charge is 0.0654 e. The van der Waals surface area contributed by atoms with Crippen LogP contribution in [0, 0.1) is 17.8 Å². The van der Waals surface area contributed by atoms with Crippen molar-refractivity contribution >= 4 is 0 Å². The number of rotatable bonds is 12. The summed E-state index contributed by atoms with van der Waals surface area (Å²) in [6.07, 6.45) is 24.1. The van der Waals surface area contributed by atoms with E-state index in [1.165, 1.54) is 126 Å². The van der Waals surface area contributed by atoms with Gasteiger partial charge < -0.3 is 0 Å². The summed E-state index contributed by atoms with van der Waals surface area (Å²) in [5.41, 5.74) is 6.05. The maximum Gasteiger partial charge on any atom is -0.0149 e. The molecule has 0 aliphatic heterocycles. The standard InChI is InChI=1S/C35H52/c1-3-5-7-11-29-20-24-32(25-21-29)34-12-8-9-13-35(34)33-26-22-31(23-27-33)19-18-30-16-14-28(15-17-30)10-6-4-2/h8-9,12-13,22-23,26-30,32H,3-7,10-11,14-21,24-25H2,1-2H3. The summed E-state index contributed by atoms with van der Waals surface area (Å²) in [4.78, 5) is 0. The summed E-state index contributed by atoms with van der Waals surface area (Å²) in [6, 6.07) is 18.9. The zero-order valence-corrected chi connectivity index (χ0v) is 22.9. The number of hydrogen-bond donors (Lipinski definition) is 0. The molecule has 0 aromatic heterocycles. The summed E-state index contributed by atoms with van der Waals surface area (Å²) < 4.78 is 0. The Kier molecular flexibility index (Phi) is 10.8. The van der Waals surface area contributed by atoms with E-state index in [1.807, 2.05) is 0 Å². The van der Waals surface area contributed by atoms with E-state index in [9.17, 15) is 0 Å². The van der Waals surface area contributed by atoms with Crippen molar-refractivity contribution in [3.05, 3.63) is 59.7 Å². The zero-order chi connectivity index (χ0) is 24.3. The first kappa shape index (κ1) is 26.5. The van der Waals surface area contributed by atoms with Gasteiger partial charge in [-0.15, -0.1) is 0 Å². The molecule has 0 heterocycles. The van der Waals surface area contributed by atoms with Crippen molar-refractivity contribution in [1.82, 2.24) is 0 Å². The topological polar surface area (TPSA) is 0 Å². The van der Waals surface area contributed by atoms with E-state index in [2.05, 4.69) is 62.4 Å². The van der Waals surface area contributed by atoms with Gasteiger partial charge in [0, 0.05) is 0 Å². The van der Waals surface area contributed by atoms with E-state index in [0.29, 0.717) is 0 Å². The van der Waals surface area contributed by atoms with Crippen molar-refractivity contribution in [2.24, 2.45) is 17.8 Å². The van der Waals surface area contributed by atoms with Crippen LogP contribution < -0.4 is 0 Å². The second-order valence-corrected chi connectivity index (χ2v) is 12.1. The quantitative estimate of drug-likeness (QED) is 0.269. The first-order valence-electron chi connectivity index (χ1n) is 15.4. The third-order valence-electron chi connectivity index (χ3n) is 9.50. The van der Waals surface area contributed by atoms with Crippen LogP contribution in [0.4, 0.5) is 0 Å². The number of hydrogen-bond acceptors (Lipinski definition) is 0. The second-order valence-electron chi connectivity index (χ2n) is 12.1. The highest BCUT2D eigenvalue weighted by atomic mass is 14.3. The van der Waals surface area contributed by atoms with Crippen LogP contribution in [0.15, 0.2) is 48.5 Å². The Morgan fingerprint density at radius 3 is 1.80 bits per heavy atom. The highest BCUT2D eigenvalue weighted by molar-refractivity contribution is 5.68. The van der Waals surface area contributed by atoms with Crippen molar-refractivity contribution in [3.8, 4) is 11.1 Å². The van der Waals surface area contributed by atoms with Crippen LogP contribution in [-0.2, 0) is 6.42 Å². The molecule has 0 unspecified atom stereocenters. The number of benzene rings is 2. The second kappa shape index (κ2) is 14.2. The van der Waals surface area contributed by atoms with E-state index < -0.39 is 0 Å². The lowest BCUT2D eigenvalue weighted by atomic mass is 9.75. The molecule has 0 heteroatoms. The fourth-order valence-electron chi connectivity index (χ4n) is 7.08. The molecular weight excluding hydrogens is 420 g/mol. The number of unbranched alkanes of at least 4 members (excludes halogenated alkanes) is 3. The Morgan fingerprint density at radius 1 is 0.571 bits per heavy atom. The molecule has 35 heavy (non-hydrogen) atoms. The highest BCUT2D eigenvalue weighted by Gasteiger charge is 2.24. The molecule has 2 fully saturated rings. The van der Waals surface area contributed by atoms with Gasteiger partial charge in [-0.25, -0.2) is 0 Å². The van der Waals surface area contributed by atoms with Crippen LogP contribution >= 0.6 is 0 Å². The lowest BCUT2D eigenvalue weighted by Gasteiger charge is -2.30. The van der Waals surface area contributed by atoms with Gasteiger partial charge in [0.05, 0.1) is 0 Å². The fourth-order valence-corrected chi connectivity index (χ4v) is 7.08. The summed E-state index contributed by atoms with van der Waals surface area (Å²) in [7, 11) is 0. The van der Waals surface area contributed by atoms with Gasteiger partial charge in [-0.05, 0) is 84.5 Å². The molecule has 0 atom stereocenters. The zero-order valence-electron chi connectivity index (χ0n) is 22.9. The SMILES string of the molecule is CCCCCC1CCC(c2ccccc2-c2ccc(CCC3CCC(CCCC)CC3)cc2)CC1. The van der Waals surface area contributed by atoms with Crippen molar-refractivity contribution in [2.45, 2.75) is 129 Å². The normalized spacial score (nSPS) is 25.0. The third-order valence-corrected chi connectivity index (χ3v) is 9.50. The molecule has 4 rings (SSSR count). The van der Waals surface area contributed by atoms with Crippen LogP contribution in [0.25, 0.3) is 11.1 Å². The molecule has 192 valence electrons. The lowest BCUT2D eigenvalue weighted by Crippen LogP contribution is -2.15. The maximum atomic E-state index is 2.42. The van der Waals surface area contributed by atoms with Gasteiger partial charge in [0.15, 0.2) is 0 Å². The molecule has 0 amide bonds. The van der Waals surface area contributed by atoms with Gasteiger partial charge in [-0.1, -0.05) is 133 Å². The van der Waals surface area contributed by atoms with Gasteiger partial charge >= 0.3 is 0 Å². The molecule has 2 aliphatic carbocycles. The van der Waals surface area contributed by atoms with Gasteiger partial charge in [0.2, 0.25) is 0 Å². The number of aryl methyl sites for hydroxylation is 1. The van der Waals surface area contributed by atoms with Crippen molar-refractivity contribution in [1.29, 1.82) is 0 Å². The first-order valence-corrected chi connectivity index (χ1v) is 15.4. The molecule has 0 bridgehead atoms. The molecule has 2 saturated carbocycles. The third kappa shape index (κ3) is 7.96. The average molecular weight is 473 g/mol. The van der Waals surface area contributed by atoms with Crippen LogP contribution in [0.3, 0.4) is 0 Å². The first-order chi connectivity index (χ1) is 17.3. The van der Waals surface area contributed by atoms with Crippen molar-refractivity contribution < 1.29 is 0 Å². The van der Waals surface area contributed by atoms with Gasteiger partial charge in [0.1, 0.15) is 0 Å². The van der Waals surface area contributed by atoms with Gasteiger partial charge in [-0.3, -0.25) is 0 Å². The molecular formula is C35H52. The molecule has 2 aliphatic rings. The molecule has 0 saturated heterocycles. The Hall–Kier alpha value is -1.56. The van der Waals surface area contributed by atoms with E-state index in [1.54, 1.807) is 5.56 Å². The minimum atomic E-state index is 0.751. The molecule has 2 aromatic carbocycles. The molecule has 2 aromatic rings. The fraction of sp³-hybridized carbons (Fsp3) is 0.657. The minimum Gasteiger partial charge on any atom is -0.0654 e. The summed E-state index contributed by atoms with van der Waals surface area (Å²) in [6.45, 7) is 4.65. The van der Waals surface area contributed by atoms with E-state index in [4.69, 9.17) is 0 Å². The monoisotopic (exact) mass is 472 g/mol. The van der Waals surface area contributed by atoms with Crippen molar-refractivity contribution in [3.63, 3.8) is 0 Å². The summed E-state index contributed by atoms with van der Waals surface area (Å²) >= 11 is 0. The smallest absolute Gasteiger partial charge is 0.0149 e. The molecule has 0 N–H and O–H groups in total. The highest BCUT2D eigenvalue weighted by Crippen LogP contribution is 2.41. The predicted molar refractivity (Wildman–Crippen MR) is 154 cm³/mol. The Bertz CT molecular complexity index is 831. The van der Waals surface area contributed by atoms with Crippen LogP contribution in [0.2, 0.25) is 0 Å². The van der Waals surface area contributed by atoms with Crippen LogP contribution in [0.5, 0.6) is 0 Å². The Balaban J connectivity index is 1.28.